The molecule has 20 nitrogen and oxygen atoms in total. The zero-order valence-electron chi connectivity index (χ0n) is 57.4. The Morgan fingerprint density at radius 1 is 0.250 bits per heavy atom. The van der Waals surface area contributed by atoms with Gasteiger partial charge in [-0.3, -0.25) is 0 Å². The number of aromatic hydroxyl groups is 20. The average molecular weight is 1410 g/mol. The van der Waals surface area contributed by atoms with Crippen molar-refractivity contribution >= 4 is 0 Å². The van der Waals surface area contributed by atoms with Gasteiger partial charge in [0.25, 0.3) is 0 Å². The molecular formula is C84H84O20. The van der Waals surface area contributed by atoms with Gasteiger partial charge in [0, 0.05) is 148 Å². The summed E-state index contributed by atoms with van der Waals surface area (Å²) in [6.07, 6.45) is 7.88. The van der Waals surface area contributed by atoms with Gasteiger partial charge < -0.3 is 102 Å². The summed E-state index contributed by atoms with van der Waals surface area (Å²) in [5.41, 5.74) is 9.64. The Balaban J connectivity index is 0.000000157. The number of hydrogen-bond acceptors (Lipinski definition) is 20. The van der Waals surface area contributed by atoms with E-state index in [2.05, 4.69) is 13.2 Å². The highest BCUT2D eigenvalue weighted by atomic mass is 16.3. The summed E-state index contributed by atoms with van der Waals surface area (Å²) in [6, 6.07) is 30.7. The number of aryl methyl sites for hydroxylation is 3. The topological polar surface area (TPSA) is 405 Å². The molecule has 0 aliphatic heterocycles. The first-order valence-electron chi connectivity index (χ1n) is 34.1. The molecule has 13 rings (SSSR count). The van der Waals surface area contributed by atoms with E-state index < -0.39 is 23.7 Å². The third kappa shape index (κ3) is 14.9. The smallest absolute Gasteiger partial charge is 0.123 e. The second kappa shape index (κ2) is 29.7. The number of benzene rings is 10. The van der Waals surface area contributed by atoms with Gasteiger partial charge >= 0.3 is 0 Å². The molecule has 0 fully saturated rings. The molecule has 104 heavy (non-hydrogen) atoms. The molecule has 20 heteroatoms. The van der Waals surface area contributed by atoms with Crippen molar-refractivity contribution in [3.05, 3.63) is 258 Å². The molecule has 6 unspecified atom stereocenters. The first kappa shape index (κ1) is 72.9. The summed E-state index contributed by atoms with van der Waals surface area (Å²) in [4.78, 5) is 0. The molecule has 0 amide bonds. The summed E-state index contributed by atoms with van der Waals surface area (Å²) in [6.45, 7) is 13.1. The van der Waals surface area contributed by atoms with Gasteiger partial charge in [-0.1, -0.05) is 39.0 Å². The van der Waals surface area contributed by atoms with Crippen molar-refractivity contribution in [1.29, 1.82) is 0 Å². The van der Waals surface area contributed by atoms with E-state index in [1.165, 1.54) is 66.7 Å². The Kier molecular flexibility index (Phi) is 20.8. The van der Waals surface area contributed by atoms with Crippen LogP contribution in [0.3, 0.4) is 0 Å². The van der Waals surface area contributed by atoms with Gasteiger partial charge in [0.15, 0.2) is 0 Å². The third-order valence-electron chi connectivity index (χ3n) is 20.8. The predicted octanol–water partition coefficient (Wildman–Crippen LogP) is 15.7. The van der Waals surface area contributed by atoms with Crippen molar-refractivity contribution in [3.8, 4) is 115 Å². The predicted molar refractivity (Wildman–Crippen MR) is 391 cm³/mol. The maximum Gasteiger partial charge on any atom is 0.123 e. The maximum atomic E-state index is 10.9. The summed E-state index contributed by atoms with van der Waals surface area (Å²) < 4.78 is 0. The van der Waals surface area contributed by atoms with Crippen LogP contribution < -0.4 is 0 Å². The van der Waals surface area contributed by atoms with Gasteiger partial charge in [0.2, 0.25) is 0 Å². The lowest BCUT2D eigenvalue weighted by Gasteiger charge is -2.24. The second-order valence-corrected chi connectivity index (χ2v) is 27.4. The van der Waals surface area contributed by atoms with Gasteiger partial charge in [-0.25, -0.2) is 0 Å². The molecule has 3 aliphatic rings. The minimum Gasteiger partial charge on any atom is -0.508 e. The van der Waals surface area contributed by atoms with E-state index >= 15 is 0 Å². The number of hydrogen-bond donors (Lipinski definition) is 20. The number of fused-ring (bicyclic) bond motifs is 18. The van der Waals surface area contributed by atoms with Crippen molar-refractivity contribution in [1.82, 2.24) is 0 Å². The number of allylic oxidation sites excluding steroid dienone is 2. The van der Waals surface area contributed by atoms with Gasteiger partial charge in [-0.05, 0) is 185 Å². The largest absolute Gasteiger partial charge is 0.508 e. The molecule has 10 aromatic carbocycles. The Bertz CT molecular complexity index is 4800. The van der Waals surface area contributed by atoms with Crippen LogP contribution >= 0.6 is 0 Å². The van der Waals surface area contributed by atoms with Crippen LogP contribution in [0.5, 0.6) is 115 Å². The zero-order chi connectivity index (χ0) is 75.0. The fourth-order valence-corrected chi connectivity index (χ4v) is 14.8. The summed E-state index contributed by atoms with van der Waals surface area (Å²) in [5.74, 6) is -4.69. The Morgan fingerprint density at radius 2 is 0.490 bits per heavy atom. The molecule has 0 aromatic heterocycles. The first-order chi connectivity index (χ1) is 49.4. The monoisotopic (exact) mass is 1410 g/mol. The lowest BCUT2D eigenvalue weighted by atomic mass is 9.81. The number of phenols is 20. The molecule has 0 heterocycles. The number of rotatable bonds is 5. The van der Waals surface area contributed by atoms with Crippen molar-refractivity contribution in [2.75, 3.05) is 0 Å². The minimum atomic E-state index is -0.620. The average Bonchev–Trinajstić information content (AvgIpc) is 0.785. The van der Waals surface area contributed by atoms with Crippen molar-refractivity contribution in [2.45, 2.75) is 127 Å². The molecule has 0 saturated heterocycles. The molecule has 0 saturated carbocycles. The van der Waals surface area contributed by atoms with Crippen molar-refractivity contribution in [2.24, 2.45) is 0 Å². The highest BCUT2D eigenvalue weighted by Crippen LogP contribution is 2.51. The normalized spacial score (nSPS) is 17.6. The Morgan fingerprint density at radius 3 is 0.808 bits per heavy atom. The SMILES string of the molecule is C=CCC1CCc2cc(c(O)cc2O)Cc2cc(c(O)cc2O)C(C)c2cc1c(O)cc2O.C=CCC1CCc2cc(c(O)cc2O)Cc2cc(c(O)cc2O)C(C)c2cc1c(O)cc2O.CC1c2cc(c(O)cc2O)Cc2cc(c(O)cc2O)CCC(c2ccc(O)cc2O)c2cc1c(O)cc2O. The minimum absolute atomic E-state index is 0.0273. The van der Waals surface area contributed by atoms with E-state index in [-0.39, 0.29) is 153 Å². The molecule has 18 bridgehead atoms. The van der Waals surface area contributed by atoms with Crippen LogP contribution in [0.1, 0.15) is 194 Å². The van der Waals surface area contributed by atoms with E-state index in [9.17, 15) is 102 Å². The summed E-state index contributed by atoms with van der Waals surface area (Å²) >= 11 is 0. The van der Waals surface area contributed by atoms with Gasteiger partial charge in [-0.2, -0.15) is 0 Å². The first-order valence-corrected chi connectivity index (χ1v) is 34.1. The van der Waals surface area contributed by atoms with Crippen LogP contribution in [-0.2, 0) is 38.5 Å². The third-order valence-corrected chi connectivity index (χ3v) is 20.8. The lowest BCUT2D eigenvalue weighted by Crippen LogP contribution is -2.08. The quantitative estimate of drug-likeness (QED) is 0.0712. The van der Waals surface area contributed by atoms with Gasteiger partial charge in [0.05, 0.1) is 0 Å². The Hall–Kier alpha value is -12.3. The van der Waals surface area contributed by atoms with Crippen molar-refractivity contribution < 1.29 is 102 Å². The summed E-state index contributed by atoms with van der Waals surface area (Å²) in [5, 5.41) is 211. The van der Waals surface area contributed by atoms with E-state index in [1.807, 2.05) is 13.8 Å². The van der Waals surface area contributed by atoms with Crippen LogP contribution in [0, 0.1) is 0 Å². The molecule has 6 atom stereocenters. The molecular weight excluding hydrogens is 1330 g/mol. The van der Waals surface area contributed by atoms with Crippen LogP contribution in [0.15, 0.2) is 153 Å². The zero-order valence-corrected chi connectivity index (χ0v) is 57.4. The maximum absolute atomic E-state index is 10.9. The molecule has 20 N–H and O–H groups in total. The summed E-state index contributed by atoms with van der Waals surface area (Å²) in [7, 11) is 0. The lowest BCUT2D eigenvalue weighted by molar-refractivity contribution is 0.425. The van der Waals surface area contributed by atoms with Gasteiger partial charge in [-0.15, -0.1) is 13.2 Å². The fourth-order valence-electron chi connectivity index (χ4n) is 14.8. The van der Waals surface area contributed by atoms with Crippen molar-refractivity contribution in [3.63, 3.8) is 0 Å². The molecule has 10 aromatic rings. The standard InChI is InChI=1S/C30H28O8.2C27H28O6/c1-14-21-8-17(26(34)12-28(21)36)7-16-6-15(24(32)11-25(16)33)2-4-19(20-5-3-18(31)9-27(20)35)23-10-22(14)29(37)13-30(23)38;2*1-3-4-15-5-6-16-7-17(23(29)11-22(16)28)8-18-9-19(25(31)12-24(18)30)14(2)20-10-21(15)27(33)13-26(20)32/h3,5-6,8-14,19,31-38H,2,4,7H2,1H3;2*3,7,9-15,28-33H,1,4-6,8H2,2H3. The van der Waals surface area contributed by atoms with E-state index in [0.717, 1.165) is 0 Å². The van der Waals surface area contributed by atoms with E-state index in [0.29, 0.717) is 151 Å². The van der Waals surface area contributed by atoms with Crippen LogP contribution in [0.2, 0.25) is 0 Å². The second-order valence-electron chi connectivity index (χ2n) is 27.4. The highest BCUT2D eigenvalue weighted by Gasteiger charge is 2.31. The molecule has 0 radical (unpaired) electrons. The molecule has 540 valence electrons. The van der Waals surface area contributed by atoms with Crippen LogP contribution in [0.25, 0.3) is 0 Å². The van der Waals surface area contributed by atoms with Crippen LogP contribution in [-0.4, -0.2) is 102 Å². The molecule has 3 aliphatic carbocycles. The molecule has 0 spiro atoms. The van der Waals surface area contributed by atoms with E-state index in [1.54, 1.807) is 79.7 Å². The number of phenolic OH excluding ortho intramolecular Hbond substituents is 20. The van der Waals surface area contributed by atoms with E-state index in [4.69, 9.17) is 0 Å². The Labute approximate surface area is 599 Å². The highest BCUT2D eigenvalue weighted by molar-refractivity contribution is 5.62. The van der Waals surface area contributed by atoms with Crippen LogP contribution in [0.4, 0.5) is 0 Å². The fraction of sp³-hybridized carbons (Fsp3) is 0.238. The van der Waals surface area contributed by atoms with Gasteiger partial charge in [0.1, 0.15) is 115 Å².